The van der Waals surface area contributed by atoms with E-state index in [-0.39, 0.29) is 0 Å². The van der Waals surface area contributed by atoms with E-state index >= 15 is 0 Å². The Bertz CT molecular complexity index is 281. The van der Waals surface area contributed by atoms with Crippen LogP contribution in [0.1, 0.15) is 51.9 Å². The first kappa shape index (κ1) is 13.8. The van der Waals surface area contributed by atoms with E-state index < -0.39 is 0 Å². The Balaban J connectivity index is 1.60. The maximum atomic E-state index is 3.80. The van der Waals surface area contributed by atoms with Gasteiger partial charge in [-0.1, -0.05) is 13.3 Å². The van der Waals surface area contributed by atoms with Gasteiger partial charge in [0, 0.05) is 24.7 Å². The van der Waals surface area contributed by atoms with Gasteiger partial charge in [-0.3, -0.25) is 9.80 Å². The number of nitrogens with one attached hydrogen (secondary N) is 1. The van der Waals surface area contributed by atoms with E-state index in [1.807, 2.05) is 0 Å². The van der Waals surface area contributed by atoms with Crippen LogP contribution in [0.2, 0.25) is 0 Å². The van der Waals surface area contributed by atoms with Crippen LogP contribution in [0.5, 0.6) is 0 Å². The fourth-order valence-electron chi connectivity index (χ4n) is 4.48. The van der Waals surface area contributed by atoms with E-state index in [0.29, 0.717) is 0 Å². The summed E-state index contributed by atoms with van der Waals surface area (Å²) in [5.41, 5.74) is 0. The first-order valence-corrected chi connectivity index (χ1v) is 8.60. The largest absolute Gasteiger partial charge is 0.312 e. The molecule has 3 fully saturated rings. The second-order valence-electron chi connectivity index (χ2n) is 6.74. The minimum Gasteiger partial charge on any atom is -0.312 e. The van der Waals surface area contributed by atoms with Gasteiger partial charge in [0.05, 0.1) is 0 Å². The Morgan fingerprint density at radius 2 is 1.79 bits per heavy atom. The van der Waals surface area contributed by atoms with Crippen LogP contribution in [0.4, 0.5) is 0 Å². The molecule has 2 heterocycles. The summed E-state index contributed by atoms with van der Waals surface area (Å²) in [7, 11) is 0. The number of fused-ring (bicyclic) bond motifs is 1. The summed E-state index contributed by atoms with van der Waals surface area (Å²) in [6.45, 7) is 8.86. The molecule has 3 unspecified atom stereocenters. The number of nitrogens with zero attached hydrogens (tertiary/aromatic N) is 2. The Hall–Kier alpha value is -0.120. The summed E-state index contributed by atoms with van der Waals surface area (Å²) < 4.78 is 0. The van der Waals surface area contributed by atoms with Gasteiger partial charge in [-0.15, -0.1) is 0 Å². The zero-order valence-corrected chi connectivity index (χ0v) is 12.6. The molecule has 3 aliphatic rings. The van der Waals surface area contributed by atoms with Crippen molar-refractivity contribution in [1.82, 2.24) is 15.1 Å². The SMILES string of the molecule is CCCNC1CCCC1N1CCCN2CCCC2C1. The minimum atomic E-state index is 0.771. The maximum Gasteiger partial charge on any atom is 0.0250 e. The number of hydrogen-bond donors (Lipinski definition) is 1. The highest BCUT2D eigenvalue weighted by molar-refractivity contribution is 4.94. The molecule has 1 aliphatic carbocycles. The van der Waals surface area contributed by atoms with E-state index in [2.05, 4.69) is 22.0 Å². The molecule has 0 amide bonds. The molecule has 0 aromatic carbocycles. The number of rotatable bonds is 4. The molecule has 3 atom stereocenters. The van der Waals surface area contributed by atoms with Crippen molar-refractivity contribution in [1.29, 1.82) is 0 Å². The third kappa shape index (κ3) is 3.14. The van der Waals surface area contributed by atoms with Crippen LogP contribution >= 0.6 is 0 Å². The lowest BCUT2D eigenvalue weighted by Gasteiger charge is -2.34. The molecule has 2 saturated heterocycles. The molecule has 0 aromatic heterocycles. The average Bonchev–Trinajstić information content (AvgIpc) is 3.01. The fraction of sp³-hybridized carbons (Fsp3) is 1.00. The standard InChI is InChI=1S/C16H31N3/c1-2-9-17-15-7-3-8-16(15)19-12-5-11-18-10-4-6-14(18)13-19/h14-17H,2-13H2,1H3. The summed E-state index contributed by atoms with van der Waals surface area (Å²) in [5, 5.41) is 3.80. The van der Waals surface area contributed by atoms with Crippen LogP contribution in [0, 0.1) is 0 Å². The minimum absolute atomic E-state index is 0.771. The predicted octanol–water partition coefficient (Wildman–Crippen LogP) is 2.08. The van der Waals surface area contributed by atoms with E-state index in [1.54, 1.807) is 0 Å². The quantitative estimate of drug-likeness (QED) is 0.839. The van der Waals surface area contributed by atoms with Crippen molar-refractivity contribution in [2.45, 2.75) is 70.0 Å². The van der Waals surface area contributed by atoms with Crippen molar-refractivity contribution in [3.05, 3.63) is 0 Å². The first-order valence-electron chi connectivity index (χ1n) is 8.60. The summed E-state index contributed by atoms with van der Waals surface area (Å²) >= 11 is 0. The van der Waals surface area contributed by atoms with Crippen LogP contribution in [0.15, 0.2) is 0 Å². The molecule has 0 bridgehead atoms. The van der Waals surface area contributed by atoms with Crippen LogP contribution in [-0.4, -0.2) is 60.6 Å². The van der Waals surface area contributed by atoms with E-state index in [4.69, 9.17) is 0 Å². The molecule has 1 N–H and O–H groups in total. The van der Waals surface area contributed by atoms with E-state index in [1.165, 1.54) is 77.7 Å². The molecule has 3 nitrogen and oxygen atoms in total. The molecule has 19 heavy (non-hydrogen) atoms. The van der Waals surface area contributed by atoms with Gasteiger partial charge in [0.1, 0.15) is 0 Å². The lowest BCUT2D eigenvalue weighted by Crippen LogP contribution is -2.49. The van der Waals surface area contributed by atoms with Crippen molar-refractivity contribution in [3.8, 4) is 0 Å². The van der Waals surface area contributed by atoms with Crippen LogP contribution in [0.3, 0.4) is 0 Å². The summed E-state index contributed by atoms with van der Waals surface area (Å²) in [4.78, 5) is 5.60. The lowest BCUT2D eigenvalue weighted by atomic mass is 10.1. The molecule has 0 aromatic rings. The smallest absolute Gasteiger partial charge is 0.0250 e. The molecule has 3 rings (SSSR count). The van der Waals surface area contributed by atoms with E-state index in [0.717, 1.165) is 18.1 Å². The zero-order valence-electron chi connectivity index (χ0n) is 12.6. The van der Waals surface area contributed by atoms with Crippen LogP contribution in [-0.2, 0) is 0 Å². The van der Waals surface area contributed by atoms with Crippen molar-refractivity contribution < 1.29 is 0 Å². The average molecular weight is 265 g/mol. The monoisotopic (exact) mass is 265 g/mol. The highest BCUT2D eigenvalue weighted by Crippen LogP contribution is 2.28. The Morgan fingerprint density at radius 1 is 0.947 bits per heavy atom. The van der Waals surface area contributed by atoms with Gasteiger partial charge < -0.3 is 5.32 Å². The van der Waals surface area contributed by atoms with Crippen molar-refractivity contribution in [2.24, 2.45) is 0 Å². The Labute approximate surface area is 118 Å². The second-order valence-corrected chi connectivity index (χ2v) is 6.74. The highest BCUT2D eigenvalue weighted by atomic mass is 15.3. The topological polar surface area (TPSA) is 18.5 Å². The summed E-state index contributed by atoms with van der Waals surface area (Å²) in [5.74, 6) is 0. The lowest BCUT2D eigenvalue weighted by molar-refractivity contribution is 0.154. The van der Waals surface area contributed by atoms with Gasteiger partial charge in [0.15, 0.2) is 0 Å². The van der Waals surface area contributed by atoms with E-state index in [9.17, 15) is 0 Å². The second kappa shape index (κ2) is 6.55. The van der Waals surface area contributed by atoms with Gasteiger partial charge in [0.2, 0.25) is 0 Å². The van der Waals surface area contributed by atoms with Gasteiger partial charge in [-0.05, 0) is 64.7 Å². The van der Waals surface area contributed by atoms with Gasteiger partial charge in [0.25, 0.3) is 0 Å². The highest BCUT2D eigenvalue weighted by Gasteiger charge is 2.36. The molecule has 1 saturated carbocycles. The van der Waals surface area contributed by atoms with Gasteiger partial charge >= 0.3 is 0 Å². The number of hydrogen-bond acceptors (Lipinski definition) is 3. The molecular weight excluding hydrogens is 234 g/mol. The third-order valence-corrected chi connectivity index (χ3v) is 5.44. The van der Waals surface area contributed by atoms with Crippen molar-refractivity contribution >= 4 is 0 Å². The summed E-state index contributed by atoms with van der Waals surface area (Å²) in [6, 6.07) is 2.47. The van der Waals surface area contributed by atoms with Gasteiger partial charge in [-0.25, -0.2) is 0 Å². The molecule has 3 heteroatoms. The van der Waals surface area contributed by atoms with Crippen molar-refractivity contribution in [2.75, 3.05) is 32.7 Å². The molecule has 110 valence electrons. The molecular formula is C16H31N3. The summed E-state index contributed by atoms with van der Waals surface area (Å²) in [6.07, 6.45) is 9.77. The first-order chi connectivity index (χ1) is 9.38. The molecule has 2 aliphatic heterocycles. The Kier molecular flexibility index (Phi) is 4.78. The van der Waals surface area contributed by atoms with Gasteiger partial charge in [-0.2, -0.15) is 0 Å². The zero-order chi connectivity index (χ0) is 13.1. The van der Waals surface area contributed by atoms with Crippen LogP contribution < -0.4 is 5.32 Å². The molecule has 0 radical (unpaired) electrons. The maximum absolute atomic E-state index is 3.80. The van der Waals surface area contributed by atoms with Crippen LogP contribution in [0.25, 0.3) is 0 Å². The fourth-order valence-corrected chi connectivity index (χ4v) is 4.48. The van der Waals surface area contributed by atoms with Crippen molar-refractivity contribution in [3.63, 3.8) is 0 Å². The predicted molar refractivity (Wildman–Crippen MR) is 80.5 cm³/mol. The molecule has 0 spiro atoms. The third-order valence-electron chi connectivity index (χ3n) is 5.44. The normalized spacial score (nSPS) is 37.4. The Morgan fingerprint density at radius 3 is 2.68 bits per heavy atom.